The summed E-state index contributed by atoms with van der Waals surface area (Å²) < 4.78 is 11.2. The summed E-state index contributed by atoms with van der Waals surface area (Å²) in [5, 5.41) is 2.88. The highest BCUT2D eigenvalue weighted by molar-refractivity contribution is 5.99. The number of amides is 2. The van der Waals surface area contributed by atoms with Crippen LogP contribution in [0.25, 0.3) is 0 Å². The van der Waals surface area contributed by atoms with Crippen molar-refractivity contribution in [3.63, 3.8) is 0 Å². The molecule has 188 valence electrons. The Morgan fingerprint density at radius 2 is 1.60 bits per heavy atom. The summed E-state index contributed by atoms with van der Waals surface area (Å²) in [6.07, 6.45) is 0.448. The Balaban J connectivity index is 1.26. The molecule has 1 N–H and O–H groups in total. The molecule has 2 atom stereocenters. The van der Waals surface area contributed by atoms with Crippen molar-refractivity contribution in [3.8, 4) is 0 Å². The Morgan fingerprint density at radius 3 is 2.23 bits per heavy atom. The molecule has 2 aromatic rings. The van der Waals surface area contributed by atoms with Crippen molar-refractivity contribution in [2.45, 2.75) is 32.6 Å². The monoisotopic (exact) mass is 480 g/mol. The Hall–Kier alpha value is -2.94. The number of carbonyl (C=O) groups is 2. The number of nitrogens with zero attached hydrogens (tertiary/aromatic N) is 3. The van der Waals surface area contributed by atoms with E-state index in [1.165, 1.54) is 4.90 Å². The first-order valence-electron chi connectivity index (χ1n) is 12.3. The van der Waals surface area contributed by atoms with Crippen LogP contribution >= 0.6 is 0 Å². The van der Waals surface area contributed by atoms with Crippen LogP contribution in [-0.2, 0) is 20.8 Å². The van der Waals surface area contributed by atoms with E-state index in [4.69, 9.17) is 9.47 Å². The van der Waals surface area contributed by atoms with Crippen molar-refractivity contribution in [2.24, 2.45) is 0 Å². The molecule has 0 radical (unpaired) electrons. The zero-order valence-corrected chi connectivity index (χ0v) is 20.9. The average molecular weight is 481 g/mol. The minimum absolute atomic E-state index is 0.0185. The molecule has 0 aliphatic carbocycles. The van der Waals surface area contributed by atoms with E-state index in [0.29, 0.717) is 11.3 Å². The molecule has 35 heavy (non-hydrogen) atoms. The molecule has 4 rings (SSSR count). The lowest BCUT2D eigenvalue weighted by Crippen LogP contribution is -2.44. The van der Waals surface area contributed by atoms with Crippen LogP contribution in [-0.4, -0.2) is 86.8 Å². The van der Waals surface area contributed by atoms with Gasteiger partial charge in [0, 0.05) is 56.7 Å². The summed E-state index contributed by atoms with van der Waals surface area (Å²) in [6.45, 7) is 9.99. The normalized spacial score (nSPS) is 20.9. The molecule has 0 bridgehead atoms. The van der Waals surface area contributed by atoms with E-state index in [-0.39, 0.29) is 30.6 Å². The predicted molar refractivity (Wildman–Crippen MR) is 137 cm³/mol. The highest BCUT2D eigenvalue weighted by Gasteiger charge is 2.22. The second kappa shape index (κ2) is 11.7. The standard InChI is InChI=1S/C27H36N4O4/c1-20-16-30(17-21(2)35-20)18-22-4-6-23(7-5-22)27(33)29(3)19-26(32)28-24-8-10-25(11-9-24)31-12-14-34-15-13-31/h4-11,20-21H,12-19H2,1-3H3,(H,28,32). The zero-order valence-electron chi connectivity index (χ0n) is 20.9. The maximum absolute atomic E-state index is 12.8. The van der Waals surface area contributed by atoms with E-state index in [9.17, 15) is 9.59 Å². The van der Waals surface area contributed by atoms with E-state index < -0.39 is 0 Å². The molecule has 2 aromatic carbocycles. The third-order valence-electron chi connectivity index (χ3n) is 6.36. The third kappa shape index (κ3) is 7.04. The minimum atomic E-state index is -0.229. The lowest BCUT2D eigenvalue weighted by Gasteiger charge is -2.35. The first kappa shape index (κ1) is 25.2. The summed E-state index contributed by atoms with van der Waals surface area (Å²) in [6, 6.07) is 15.4. The van der Waals surface area contributed by atoms with Gasteiger partial charge in [0.25, 0.3) is 5.91 Å². The first-order valence-corrected chi connectivity index (χ1v) is 12.3. The van der Waals surface area contributed by atoms with Crippen LogP contribution in [0.3, 0.4) is 0 Å². The minimum Gasteiger partial charge on any atom is -0.378 e. The largest absolute Gasteiger partial charge is 0.378 e. The van der Waals surface area contributed by atoms with E-state index in [1.54, 1.807) is 7.05 Å². The molecule has 2 amide bonds. The molecule has 0 aromatic heterocycles. The number of anilines is 2. The highest BCUT2D eigenvalue weighted by Crippen LogP contribution is 2.19. The summed E-state index contributed by atoms with van der Waals surface area (Å²) in [5.74, 6) is -0.407. The Morgan fingerprint density at radius 1 is 0.971 bits per heavy atom. The number of ether oxygens (including phenoxy) is 2. The molecule has 2 unspecified atom stereocenters. The number of rotatable bonds is 7. The molecule has 0 spiro atoms. The molecule has 2 fully saturated rings. The number of benzene rings is 2. The number of hydrogen-bond donors (Lipinski definition) is 1. The van der Waals surface area contributed by atoms with E-state index >= 15 is 0 Å². The van der Waals surface area contributed by atoms with Gasteiger partial charge in [0.15, 0.2) is 0 Å². The average Bonchev–Trinajstić information content (AvgIpc) is 2.84. The van der Waals surface area contributed by atoms with Crippen molar-refractivity contribution in [2.75, 3.05) is 63.2 Å². The number of nitrogens with one attached hydrogen (secondary N) is 1. The second-order valence-corrected chi connectivity index (χ2v) is 9.50. The Labute approximate surface area is 207 Å². The summed E-state index contributed by atoms with van der Waals surface area (Å²) in [4.78, 5) is 31.4. The fourth-order valence-electron chi connectivity index (χ4n) is 4.71. The van der Waals surface area contributed by atoms with Gasteiger partial charge >= 0.3 is 0 Å². The van der Waals surface area contributed by atoms with Crippen LogP contribution in [0, 0.1) is 0 Å². The van der Waals surface area contributed by atoms with Gasteiger partial charge in [-0.1, -0.05) is 12.1 Å². The smallest absolute Gasteiger partial charge is 0.254 e. The van der Waals surface area contributed by atoms with Crippen molar-refractivity contribution in [1.29, 1.82) is 0 Å². The Kier molecular flexibility index (Phi) is 8.38. The second-order valence-electron chi connectivity index (χ2n) is 9.50. The molecular weight excluding hydrogens is 444 g/mol. The SMILES string of the molecule is CC1CN(Cc2ccc(C(=O)N(C)CC(=O)Nc3ccc(N4CCOCC4)cc3)cc2)CC(C)O1. The molecule has 8 heteroatoms. The van der Waals surface area contributed by atoms with Gasteiger partial charge in [-0.25, -0.2) is 0 Å². The van der Waals surface area contributed by atoms with Gasteiger partial charge in [0.1, 0.15) is 0 Å². The lowest BCUT2D eigenvalue weighted by molar-refractivity contribution is -0.116. The van der Waals surface area contributed by atoms with Gasteiger partial charge in [-0.05, 0) is 55.8 Å². The van der Waals surface area contributed by atoms with Crippen LogP contribution in [0.5, 0.6) is 0 Å². The molecule has 2 aliphatic rings. The van der Waals surface area contributed by atoms with Gasteiger partial charge in [0.05, 0.1) is 32.0 Å². The van der Waals surface area contributed by atoms with E-state index in [0.717, 1.165) is 57.2 Å². The molecule has 2 heterocycles. The molecular formula is C27H36N4O4. The number of carbonyl (C=O) groups excluding carboxylic acids is 2. The van der Waals surface area contributed by atoms with Crippen LogP contribution < -0.4 is 10.2 Å². The Bertz CT molecular complexity index is 979. The van der Waals surface area contributed by atoms with Crippen LogP contribution in [0.1, 0.15) is 29.8 Å². The van der Waals surface area contributed by atoms with E-state index in [2.05, 4.69) is 29.0 Å². The van der Waals surface area contributed by atoms with Crippen molar-refractivity contribution >= 4 is 23.2 Å². The quantitative estimate of drug-likeness (QED) is 0.657. The van der Waals surface area contributed by atoms with Gasteiger partial charge in [0.2, 0.25) is 5.91 Å². The molecule has 2 saturated heterocycles. The maximum Gasteiger partial charge on any atom is 0.254 e. The first-order chi connectivity index (χ1) is 16.9. The third-order valence-corrected chi connectivity index (χ3v) is 6.36. The van der Waals surface area contributed by atoms with Gasteiger partial charge in [-0.15, -0.1) is 0 Å². The molecule has 2 aliphatic heterocycles. The topological polar surface area (TPSA) is 74.4 Å². The number of likely N-dealkylation sites (N-methyl/N-ethyl adjacent to an activating group) is 1. The molecule has 8 nitrogen and oxygen atoms in total. The van der Waals surface area contributed by atoms with Gasteiger partial charge in [-0.3, -0.25) is 14.5 Å². The van der Waals surface area contributed by atoms with Crippen LogP contribution in [0.4, 0.5) is 11.4 Å². The fraction of sp³-hybridized carbons (Fsp3) is 0.481. The lowest BCUT2D eigenvalue weighted by atomic mass is 10.1. The van der Waals surface area contributed by atoms with Crippen molar-refractivity contribution in [3.05, 3.63) is 59.7 Å². The number of hydrogen-bond acceptors (Lipinski definition) is 6. The van der Waals surface area contributed by atoms with Crippen LogP contribution in [0.2, 0.25) is 0 Å². The van der Waals surface area contributed by atoms with E-state index in [1.807, 2.05) is 48.5 Å². The van der Waals surface area contributed by atoms with Gasteiger partial charge < -0.3 is 24.6 Å². The predicted octanol–water partition coefficient (Wildman–Crippen LogP) is 2.84. The highest BCUT2D eigenvalue weighted by atomic mass is 16.5. The van der Waals surface area contributed by atoms with Crippen LogP contribution in [0.15, 0.2) is 48.5 Å². The summed E-state index contributed by atoms with van der Waals surface area (Å²) in [5.41, 5.74) is 3.55. The molecule has 0 saturated carbocycles. The summed E-state index contributed by atoms with van der Waals surface area (Å²) in [7, 11) is 1.65. The zero-order chi connectivity index (χ0) is 24.8. The summed E-state index contributed by atoms with van der Waals surface area (Å²) >= 11 is 0. The number of morpholine rings is 2. The van der Waals surface area contributed by atoms with Crippen molar-refractivity contribution in [1.82, 2.24) is 9.80 Å². The van der Waals surface area contributed by atoms with Crippen molar-refractivity contribution < 1.29 is 19.1 Å². The van der Waals surface area contributed by atoms with Gasteiger partial charge in [-0.2, -0.15) is 0 Å². The fourth-order valence-corrected chi connectivity index (χ4v) is 4.71. The maximum atomic E-state index is 12.8.